The number of halogens is 2. The number of carboxylic acid groups (broad SMARTS) is 1. The third-order valence-electron chi connectivity index (χ3n) is 2.56. The first-order valence-electron chi connectivity index (χ1n) is 5.61. The van der Waals surface area contributed by atoms with Gasteiger partial charge in [-0.1, -0.05) is 22.0 Å². The van der Waals surface area contributed by atoms with E-state index in [4.69, 9.17) is 5.11 Å². The Morgan fingerprint density at radius 1 is 1.19 bits per heavy atom. The first kappa shape index (κ1) is 15.5. The van der Waals surface area contributed by atoms with Crippen LogP contribution in [0.4, 0.5) is 10.1 Å². The van der Waals surface area contributed by atoms with Crippen molar-refractivity contribution in [3.63, 3.8) is 0 Å². The quantitative estimate of drug-likeness (QED) is 0.862. The second-order valence-corrected chi connectivity index (χ2v) is 6.66. The highest BCUT2D eigenvalue weighted by atomic mass is 79.9. The molecule has 0 amide bonds. The molecule has 0 atom stereocenters. The van der Waals surface area contributed by atoms with Crippen LogP contribution in [0.2, 0.25) is 0 Å². The van der Waals surface area contributed by atoms with Gasteiger partial charge in [-0.3, -0.25) is 4.72 Å². The lowest BCUT2D eigenvalue weighted by Gasteiger charge is -2.09. The van der Waals surface area contributed by atoms with Gasteiger partial charge in [0.2, 0.25) is 0 Å². The molecule has 0 aliphatic heterocycles. The Morgan fingerprint density at radius 3 is 2.52 bits per heavy atom. The fourth-order valence-corrected chi connectivity index (χ4v) is 3.08. The molecule has 5 nitrogen and oxygen atoms in total. The fourth-order valence-electron chi connectivity index (χ4n) is 1.60. The van der Waals surface area contributed by atoms with Crippen LogP contribution in [-0.4, -0.2) is 19.5 Å². The highest BCUT2D eigenvalue weighted by Crippen LogP contribution is 2.21. The summed E-state index contributed by atoms with van der Waals surface area (Å²) in [6, 6.07) is 9.01. The summed E-state index contributed by atoms with van der Waals surface area (Å²) < 4.78 is 40.6. The number of carbonyl (C=O) groups is 1. The van der Waals surface area contributed by atoms with Gasteiger partial charge in [0.05, 0.1) is 10.5 Å². The van der Waals surface area contributed by atoms with Crippen LogP contribution >= 0.6 is 15.9 Å². The van der Waals surface area contributed by atoms with E-state index in [0.717, 1.165) is 18.2 Å². The molecule has 0 saturated heterocycles. The summed E-state index contributed by atoms with van der Waals surface area (Å²) in [5.74, 6) is -2.53. The van der Waals surface area contributed by atoms with E-state index >= 15 is 0 Å². The van der Waals surface area contributed by atoms with Crippen molar-refractivity contribution in [1.82, 2.24) is 0 Å². The molecular formula is C13H9BrFNO4S. The number of nitrogens with one attached hydrogen (secondary N) is 1. The number of aromatic carboxylic acids is 1. The van der Waals surface area contributed by atoms with E-state index in [0.29, 0.717) is 10.2 Å². The molecule has 0 heterocycles. The SMILES string of the molecule is O=C(O)c1cc(S(=O)(=O)Nc2cccc(Br)c2)ccc1F. The fraction of sp³-hybridized carbons (Fsp3) is 0. The Morgan fingerprint density at radius 2 is 1.90 bits per heavy atom. The van der Waals surface area contributed by atoms with Crippen LogP contribution in [0.15, 0.2) is 51.8 Å². The molecule has 0 spiro atoms. The first-order valence-corrected chi connectivity index (χ1v) is 7.88. The van der Waals surface area contributed by atoms with Crippen LogP contribution < -0.4 is 4.72 Å². The summed E-state index contributed by atoms with van der Waals surface area (Å²) in [6.07, 6.45) is 0. The van der Waals surface area contributed by atoms with Gasteiger partial charge in [-0.15, -0.1) is 0 Å². The van der Waals surface area contributed by atoms with E-state index in [2.05, 4.69) is 20.7 Å². The first-order chi connectivity index (χ1) is 9.79. The van der Waals surface area contributed by atoms with E-state index in [1.807, 2.05) is 0 Å². The van der Waals surface area contributed by atoms with Crippen molar-refractivity contribution in [3.05, 3.63) is 58.3 Å². The van der Waals surface area contributed by atoms with Crippen molar-refractivity contribution in [2.24, 2.45) is 0 Å². The van der Waals surface area contributed by atoms with Crippen LogP contribution in [0.25, 0.3) is 0 Å². The van der Waals surface area contributed by atoms with Gasteiger partial charge in [-0.05, 0) is 36.4 Å². The van der Waals surface area contributed by atoms with E-state index in [1.54, 1.807) is 18.2 Å². The maximum absolute atomic E-state index is 13.3. The topological polar surface area (TPSA) is 83.5 Å². The van der Waals surface area contributed by atoms with Gasteiger partial charge in [0, 0.05) is 10.2 Å². The number of benzene rings is 2. The number of sulfonamides is 1. The predicted molar refractivity (Wildman–Crippen MR) is 78.3 cm³/mol. The number of hydrogen-bond acceptors (Lipinski definition) is 3. The molecule has 0 aliphatic rings. The lowest BCUT2D eigenvalue weighted by Crippen LogP contribution is -2.14. The van der Waals surface area contributed by atoms with E-state index < -0.39 is 27.4 Å². The lowest BCUT2D eigenvalue weighted by molar-refractivity contribution is 0.0691. The van der Waals surface area contributed by atoms with Gasteiger partial charge in [0.25, 0.3) is 10.0 Å². The average molecular weight is 374 g/mol. The molecular weight excluding hydrogens is 365 g/mol. The minimum absolute atomic E-state index is 0.297. The number of carboxylic acids is 1. The smallest absolute Gasteiger partial charge is 0.338 e. The minimum atomic E-state index is -4.00. The van der Waals surface area contributed by atoms with Crippen molar-refractivity contribution < 1.29 is 22.7 Å². The van der Waals surface area contributed by atoms with Crippen LogP contribution in [0.3, 0.4) is 0 Å². The van der Waals surface area contributed by atoms with Crippen molar-refractivity contribution in [1.29, 1.82) is 0 Å². The normalized spacial score (nSPS) is 11.1. The molecule has 0 bridgehead atoms. The van der Waals surface area contributed by atoms with Gasteiger partial charge in [0.1, 0.15) is 5.82 Å². The molecule has 2 aromatic carbocycles. The van der Waals surface area contributed by atoms with Gasteiger partial charge in [-0.25, -0.2) is 17.6 Å². The monoisotopic (exact) mass is 373 g/mol. The molecule has 0 aliphatic carbocycles. The molecule has 2 aromatic rings. The zero-order valence-corrected chi connectivity index (χ0v) is 12.8. The second-order valence-electron chi connectivity index (χ2n) is 4.06. The van der Waals surface area contributed by atoms with Gasteiger partial charge in [0.15, 0.2) is 0 Å². The third-order valence-corrected chi connectivity index (χ3v) is 4.43. The molecule has 8 heteroatoms. The number of rotatable bonds is 4. The number of hydrogen-bond donors (Lipinski definition) is 2. The Hall–Kier alpha value is -1.93. The van der Waals surface area contributed by atoms with Crippen LogP contribution in [0, 0.1) is 5.82 Å². The molecule has 0 fully saturated rings. The summed E-state index contributed by atoms with van der Waals surface area (Å²) in [4.78, 5) is 10.5. The standard InChI is InChI=1S/C13H9BrFNO4S/c14-8-2-1-3-9(6-8)16-21(19,20)10-4-5-12(15)11(7-10)13(17)18/h1-7,16H,(H,17,18). The van der Waals surface area contributed by atoms with E-state index in [9.17, 15) is 17.6 Å². The molecule has 110 valence electrons. The predicted octanol–water partition coefficient (Wildman–Crippen LogP) is 3.09. The minimum Gasteiger partial charge on any atom is -0.478 e. The van der Waals surface area contributed by atoms with Gasteiger partial charge < -0.3 is 5.11 Å². The van der Waals surface area contributed by atoms with Gasteiger partial charge in [-0.2, -0.15) is 0 Å². The summed E-state index contributed by atoms with van der Waals surface area (Å²) in [5, 5.41) is 8.82. The molecule has 0 saturated carbocycles. The molecule has 0 unspecified atom stereocenters. The highest BCUT2D eigenvalue weighted by molar-refractivity contribution is 9.10. The van der Waals surface area contributed by atoms with Crippen molar-refractivity contribution in [2.45, 2.75) is 4.90 Å². The number of anilines is 1. The summed E-state index contributed by atoms with van der Waals surface area (Å²) in [5.41, 5.74) is -0.405. The Kier molecular flexibility index (Phi) is 4.29. The zero-order valence-electron chi connectivity index (χ0n) is 10.4. The van der Waals surface area contributed by atoms with Gasteiger partial charge >= 0.3 is 5.97 Å². The molecule has 2 N–H and O–H groups in total. The third kappa shape index (κ3) is 3.59. The van der Waals surface area contributed by atoms with Crippen LogP contribution in [0.1, 0.15) is 10.4 Å². The van der Waals surface area contributed by atoms with E-state index in [1.165, 1.54) is 6.07 Å². The molecule has 0 aromatic heterocycles. The summed E-state index contributed by atoms with van der Waals surface area (Å²) in [6.45, 7) is 0. The van der Waals surface area contributed by atoms with Crippen molar-refractivity contribution in [3.8, 4) is 0 Å². The van der Waals surface area contributed by atoms with Crippen molar-refractivity contribution >= 4 is 37.6 Å². The zero-order chi connectivity index (χ0) is 15.6. The maximum Gasteiger partial charge on any atom is 0.338 e. The Bertz CT molecular complexity index is 808. The molecule has 21 heavy (non-hydrogen) atoms. The van der Waals surface area contributed by atoms with E-state index in [-0.39, 0.29) is 4.90 Å². The second kappa shape index (κ2) is 5.82. The Labute approximate surface area is 128 Å². The summed E-state index contributed by atoms with van der Waals surface area (Å²) >= 11 is 3.20. The lowest BCUT2D eigenvalue weighted by atomic mass is 10.2. The summed E-state index contributed by atoms with van der Waals surface area (Å²) in [7, 11) is -4.00. The molecule has 0 radical (unpaired) electrons. The highest BCUT2D eigenvalue weighted by Gasteiger charge is 2.19. The molecule has 2 rings (SSSR count). The van der Waals surface area contributed by atoms with Crippen molar-refractivity contribution in [2.75, 3.05) is 4.72 Å². The average Bonchev–Trinajstić information content (AvgIpc) is 2.38. The maximum atomic E-state index is 13.3. The largest absolute Gasteiger partial charge is 0.478 e. The van der Waals surface area contributed by atoms with Crippen LogP contribution in [0.5, 0.6) is 0 Å². The Balaban J connectivity index is 2.40. The van der Waals surface area contributed by atoms with Crippen LogP contribution in [-0.2, 0) is 10.0 Å².